The maximum atomic E-state index is 11.6. The Hall–Kier alpha value is -1.75. The molecule has 0 aliphatic carbocycles. The molecule has 20 heavy (non-hydrogen) atoms. The third-order valence-corrected chi connectivity index (χ3v) is 2.38. The molecule has 0 radical (unpaired) electrons. The Bertz CT molecular complexity index is 485. The summed E-state index contributed by atoms with van der Waals surface area (Å²) >= 11 is 0. The number of amides is 1. The highest BCUT2D eigenvalue weighted by atomic mass is 16.6. The van der Waals surface area contributed by atoms with Gasteiger partial charge in [0.05, 0.1) is 0 Å². The zero-order valence-electron chi connectivity index (χ0n) is 12.8. The third-order valence-electron chi connectivity index (χ3n) is 2.38. The highest BCUT2D eigenvalue weighted by Crippen LogP contribution is 2.25. The fourth-order valence-corrected chi connectivity index (χ4v) is 1.70. The molecule has 1 amide bonds. The molecule has 1 rings (SSSR count). The highest BCUT2D eigenvalue weighted by Gasteiger charge is 2.18. The van der Waals surface area contributed by atoms with Crippen molar-refractivity contribution in [2.75, 3.05) is 5.32 Å². The summed E-state index contributed by atoms with van der Waals surface area (Å²) in [5.41, 5.74) is 6.18. The fraction of sp³-hybridized carbons (Fsp3) is 0.533. The van der Waals surface area contributed by atoms with Crippen LogP contribution in [0.15, 0.2) is 18.2 Å². The molecular weight excluding hydrogens is 256 g/mol. The number of carbonyl (C=O) groups excluding carboxylic acids is 1. The maximum Gasteiger partial charge on any atom is 0.412 e. The van der Waals surface area contributed by atoms with Crippen molar-refractivity contribution in [2.24, 2.45) is 5.73 Å². The number of phenolic OH excluding ortho intramolecular Hbond substituents is 1. The van der Waals surface area contributed by atoms with E-state index in [2.05, 4.69) is 5.32 Å². The van der Waals surface area contributed by atoms with Crippen LogP contribution in [0.3, 0.4) is 0 Å². The molecule has 0 atom stereocenters. The van der Waals surface area contributed by atoms with E-state index in [1.807, 2.05) is 13.8 Å². The van der Waals surface area contributed by atoms with Gasteiger partial charge < -0.3 is 15.6 Å². The van der Waals surface area contributed by atoms with Crippen molar-refractivity contribution >= 4 is 11.8 Å². The van der Waals surface area contributed by atoms with Gasteiger partial charge in [-0.25, -0.2) is 4.79 Å². The van der Waals surface area contributed by atoms with E-state index in [0.717, 1.165) is 5.56 Å². The Morgan fingerprint density at radius 3 is 2.35 bits per heavy atom. The molecule has 0 aliphatic rings. The molecule has 4 N–H and O–H groups in total. The number of carbonyl (C=O) groups is 1. The molecule has 0 bridgehead atoms. The molecule has 0 aromatic heterocycles. The molecule has 0 fully saturated rings. The summed E-state index contributed by atoms with van der Waals surface area (Å²) in [7, 11) is 0. The molecule has 0 saturated heterocycles. The summed E-state index contributed by atoms with van der Waals surface area (Å²) in [5.74, 6) is 0.108. The number of ether oxygens (including phenoxy) is 1. The van der Waals surface area contributed by atoms with Gasteiger partial charge in [0.25, 0.3) is 0 Å². The van der Waals surface area contributed by atoms with Crippen molar-refractivity contribution in [2.45, 2.75) is 52.2 Å². The Morgan fingerprint density at radius 2 is 1.90 bits per heavy atom. The van der Waals surface area contributed by atoms with Gasteiger partial charge in [-0.1, -0.05) is 6.07 Å². The summed E-state index contributed by atoms with van der Waals surface area (Å²) in [6.45, 7) is 9.14. The van der Waals surface area contributed by atoms with Crippen molar-refractivity contribution < 1.29 is 14.6 Å². The second kappa shape index (κ2) is 5.71. The van der Waals surface area contributed by atoms with Gasteiger partial charge in [0.2, 0.25) is 0 Å². The van der Waals surface area contributed by atoms with Gasteiger partial charge in [-0.3, -0.25) is 5.32 Å². The van der Waals surface area contributed by atoms with E-state index in [-0.39, 0.29) is 5.75 Å². The standard InChI is InChI=1S/C15H24N2O3/c1-14(2,3)20-13(19)17-11-7-6-10(12(18)8-11)9-15(4,5)16/h6-8,18H,9,16H2,1-5H3,(H,17,19). The number of nitrogens with one attached hydrogen (secondary N) is 1. The topological polar surface area (TPSA) is 84.6 Å². The van der Waals surface area contributed by atoms with Crippen molar-refractivity contribution in [3.63, 3.8) is 0 Å². The van der Waals surface area contributed by atoms with Gasteiger partial charge in [-0.05, 0) is 52.7 Å². The number of benzene rings is 1. The lowest BCUT2D eigenvalue weighted by molar-refractivity contribution is 0.0636. The van der Waals surface area contributed by atoms with Crippen LogP contribution in [0.2, 0.25) is 0 Å². The van der Waals surface area contributed by atoms with Crippen molar-refractivity contribution in [3.05, 3.63) is 23.8 Å². The second-order valence-corrected chi connectivity index (χ2v) is 6.64. The van der Waals surface area contributed by atoms with Crippen LogP contribution in [0.4, 0.5) is 10.5 Å². The first-order valence-electron chi connectivity index (χ1n) is 6.57. The van der Waals surface area contributed by atoms with E-state index in [9.17, 15) is 9.90 Å². The minimum absolute atomic E-state index is 0.108. The number of aromatic hydroxyl groups is 1. The van der Waals surface area contributed by atoms with Crippen molar-refractivity contribution in [1.82, 2.24) is 0 Å². The number of rotatable bonds is 3. The van der Waals surface area contributed by atoms with Crippen LogP contribution in [0.5, 0.6) is 5.75 Å². The van der Waals surface area contributed by atoms with Crippen LogP contribution >= 0.6 is 0 Å². The van der Waals surface area contributed by atoms with Crippen LogP contribution in [-0.2, 0) is 11.2 Å². The molecule has 1 aromatic carbocycles. The SMILES string of the molecule is CC(C)(N)Cc1ccc(NC(=O)OC(C)(C)C)cc1O. The van der Waals surface area contributed by atoms with E-state index in [1.54, 1.807) is 32.9 Å². The van der Waals surface area contributed by atoms with Crippen LogP contribution in [0, 0.1) is 0 Å². The smallest absolute Gasteiger partial charge is 0.412 e. The lowest BCUT2D eigenvalue weighted by Gasteiger charge is -2.21. The minimum Gasteiger partial charge on any atom is -0.508 e. The molecule has 0 unspecified atom stereocenters. The molecule has 5 nitrogen and oxygen atoms in total. The molecule has 0 spiro atoms. The summed E-state index contributed by atoms with van der Waals surface area (Å²) in [6.07, 6.45) is -0.00486. The number of hydrogen-bond donors (Lipinski definition) is 3. The van der Waals surface area contributed by atoms with E-state index < -0.39 is 17.2 Å². The van der Waals surface area contributed by atoms with E-state index in [1.165, 1.54) is 6.07 Å². The van der Waals surface area contributed by atoms with Gasteiger partial charge >= 0.3 is 6.09 Å². The first-order valence-corrected chi connectivity index (χ1v) is 6.57. The number of anilines is 1. The third kappa shape index (κ3) is 5.93. The van der Waals surface area contributed by atoms with Crippen LogP contribution in [0.1, 0.15) is 40.2 Å². The van der Waals surface area contributed by atoms with E-state index in [0.29, 0.717) is 12.1 Å². The summed E-state index contributed by atoms with van der Waals surface area (Å²) < 4.78 is 5.14. The van der Waals surface area contributed by atoms with Crippen LogP contribution in [-0.4, -0.2) is 22.3 Å². The van der Waals surface area contributed by atoms with Crippen molar-refractivity contribution in [1.29, 1.82) is 0 Å². The second-order valence-electron chi connectivity index (χ2n) is 6.64. The van der Waals surface area contributed by atoms with Gasteiger partial charge in [0, 0.05) is 17.3 Å². The van der Waals surface area contributed by atoms with E-state index >= 15 is 0 Å². The summed E-state index contributed by atoms with van der Waals surface area (Å²) in [5, 5.41) is 12.5. The fourth-order valence-electron chi connectivity index (χ4n) is 1.70. The zero-order chi connectivity index (χ0) is 15.6. The first-order chi connectivity index (χ1) is 8.96. The highest BCUT2D eigenvalue weighted by molar-refractivity contribution is 5.85. The zero-order valence-corrected chi connectivity index (χ0v) is 12.8. The molecule has 0 heterocycles. The normalized spacial score (nSPS) is 12.1. The summed E-state index contributed by atoms with van der Waals surface area (Å²) in [6, 6.07) is 4.95. The lowest BCUT2D eigenvalue weighted by Crippen LogP contribution is -2.34. The first kappa shape index (κ1) is 16.3. The number of hydrogen-bond acceptors (Lipinski definition) is 4. The largest absolute Gasteiger partial charge is 0.508 e. The van der Waals surface area contributed by atoms with Gasteiger partial charge in [0.15, 0.2) is 0 Å². The van der Waals surface area contributed by atoms with Crippen LogP contribution in [0.25, 0.3) is 0 Å². The molecule has 0 saturated carbocycles. The van der Waals surface area contributed by atoms with Crippen molar-refractivity contribution in [3.8, 4) is 5.75 Å². The minimum atomic E-state index is -0.560. The Labute approximate surface area is 120 Å². The molecule has 5 heteroatoms. The summed E-state index contributed by atoms with van der Waals surface area (Å²) in [4.78, 5) is 11.6. The Balaban J connectivity index is 2.75. The molecular formula is C15H24N2O3. The monoisotopic (exact) mass is 280 g/mol. The molecule has 0 aliphatic heterocycles. The molecule has 112 valence electrons. The van der Waals surface area contributed by atoms with Gasteiger partial charge in [0.1, 0.15) is 11.4 Å². The van der Waals surface area contributed by atoms with Crippen LogP contribution < -0.4 is 11.1 Å². The lowest BCUT2D eigenvalue weighted by atomic mass is 9.95. The number of phenols is 1. The molecule has 1 aromatic rings. The Morgan fingerprint density at radius 1 is 1.30 bits per heavy atom. The van der Waals surface area contributed by atoms with E-state index in [4.69, 9.17) is 10.5 Å². The maximum absolute atomic E-state index is 11.6. The predicted octanol–water partition coefficient (Wildman–Crippen LogP) is 3.02. The number of nitrogens with two attached hydrogens (primary N) is 1. The predicted molar refractivity (Wildman–Crippen MR) is 79.9 cm³/mol. The van der Waals surface area contributed by atoms with Gasteiger partial charge in [-0.2, -0.15) is 0 Å². The average Bonchev–Trinajstić information content (AvgIpc) is 2.17. The average molecular weight is 280 g/mol. The quantitative estimate of drug-likeness (QED) is 0.794. The van der Waals surface area contributed by atoms with Gasteiger partial charge in [-0.15, -0.1) is 0 Å². The Kier molecular flexibility index (Phi) is 4.65.